The molecule has 2 heterocycles. The topological polar surface area (TPSA) is 82.7 Å². The number of carbonyl (C=O) groups excluding carboxylic acids is 2. The number of hydrogen-bond donors (Lipinski definition) is 3. The Morgan fingerprint density at radius 1 is 0.917 bits per heavy atom. The number of nitrogens with one attached hydrogen (secondary N) is 3. The zero-order chi connectivity index (χ0) is 25.5. The number of anilines is 2. The fourth-order valence-electron chi connectivity index (χ4n) is 4.34. The monoisotopic (exact) mass is 490 g/mol. The van der Waals surface area contributed by atoms with Crippen LogP contribution in [0.2, 0.25) is 0 Å². The van der Waals surface area contributed by atoms with Crippen LogP contribution in [0.25, 0.3) is 12.2 Å². The van der Waals surface area contributed by atoms with Crippen molar-refractivity contribution in [2.24, 2.45) is 5.41 Å². The maximum atomic E-state index is 12.8. The molecule has 3 N–H and O–H groups in total. The van der Waals surface area contributed by atoms with Gasteiger partial charge in [-0.3, -0.25) is 14.4 Å². The second-order valence-corrected chi connectivity index (χ2v) is 10.8. The van der Waals surface area contributed by atoms with Crippen LogP contribution in [0.5, 0.6) is 0 Å². The first-order chi connectivity index (χ1) is 17.3. The van der Waals surface area contributed by atoms with Gasteiger partial charge in [0.05, 0.1) is 12.6 Å². The molecule has 7 nitrogen and oxygen atoms in total. The van der Waals surface area contributed by atoms with Gasteiger partial charge in [0.1, 0.15) is 6.04 Å². The van der Waals surface area contributed by atoms with Gasteiger partial charge >= 0.3 is 0 Å². The van der Waals surface area contributed by atoms with Crippen LogP contribution in [0.15, 0.2) is 48.5 Å². The summed E-state index contributed by atoms with van der Waals surface area (Å²) in [6, 6.07) is 15.3. The predicted molar refractivity (Wildman–Crippen MR) is 145 cm³/mol. The van der Waals surface area contributed by atoms with Gasteiger partial charge < -0.3 is 16.0 Å². The van der Waals surface area contributed by atoms with E-state index < -0.39 is 0 Å². The highest BCUT2D eigenvalue weighted by Crippen LogP contribution is 2.23. The van der Waals surface area contributed by atoms with Crippen LogP contribution < -0.4 is 16.0 Å². The van der Waals surface area contributed by atoms with Crippen LogP contribution in [0, 0.1) is 5.41 Å². The second-order valence-electron chi connectivity index (χ2n) is 10.8. The highest BCUT2D eigenvalue weighted by atomic mass is 16.7. The Morgan fingerprint density at radius 2 is 1.50 bits per heavy atom. The van der Waals surface area contributed by atoms with Gasteiger partial charge in [0.25, 0.3) is 0 Å². The number of hydroxylamine groups is 2. The molecule has 0 saturated carbocycles. The number of nitrogens with zero attached hydrogens (tertiary/aromatic N) is 1. The van der Waals surface area contributed by atoms with Gasteiger partial charge in [0.15, 0.2) is 0 Å². The predicted octanol–water partition coefficient (Wildman–Crippen LogP) is 4.93. The van der Waals surface area contributed by atoms with Gasteiger partial charge in [-0.05, 0) is 73.0 Å². The Hall–Kier alpha value is -3.00. The SMILES string of the molecule is CC(C)(C)CON1CCC[C@H]1C(=O)Nc1ccc(/C=C/c2ccc(NC(=O)[C@@H]3CCCN3)cc2)cc1. The first-order valence-electron chi connectivity index (χ1n) is 12.9. The molecular formula is C29H38N4O3. The van der Waals surface area contributed by atoms with Crippen molar-refractivity contribution in [2.75, 3.05) is 30.3 Å². The van der Waals surface area contributed by atoms with Crippen LogP contribution in [0.3, 0.4) is 0 Å². The van der Waals surface area contributed by atoms with E-state index in [0.717, 1.165) is 61.3 Å². The van der Waals surface area contributed by atoms with Crippen molar-refractivity contribution in [3.05, 3.63) is 59.7 Å². The average molecular weight is 491 g/mol. The van der Waals surface area contributed by atoms with Crippen molar-refractivity contribution < 1.29 is 14.4 Å². The molecule has 2 aliphatic rings. The Morgan fingerprint density at radius 3 is 2.03 bits per heavy atom. The van der Waals surface area contributed by atoms with Gasteiger partial charge in [-0.2, -0.15) is 5.06 Å². The molecule has 0 bridgehead atoms. The van der Waals surface area contributed by atoms with Crippen LogP contribution in [0.4, 0.5) is 11.4 Å². The molecule has 2 amide bonds. The molecule has 0 spiro atoms. The van der Waals surface area contributed by atoms with Crippen LogP contribution in [-0.4, -0.2) is 48.7 Å². The molecule has 192 valence electrons. The molecule has 4 rings (SSSR count). The van der Waals surface area contributed by atoms with E-state index in [0.29, 0.717) is 6.61 Å². The lowest BCUT2D eigenvalue weighted by Crippen LogP contribution is -2.41. The van der Waals surface area contributed by atoms with Gasteiger partial charge in [-0.25, -0.2) is 0 Å². The van der Waals surface area contributed by atoms with E-state index in [-0.39, 0.29) is 29.3 Å². The lowest BCUT2D eigenvalue weighted by Gasteiger charge is -2.27. The molecule has 2 aliphatic heterocycles. The third-order valence-corrected chi connectivity index (χ3v) is 6.37. The van der Waals surface area contributed by atoms with E-state index in [2.05, 4.69) is 36.7 Å². The van der Waals surface area contributed by atoms with Crippen molar-refractivity contribution >= 4 is 35.3 Å². The van der Waals surface area contributed by atoms with Gasteiger partial charge in [-0.1, -0.05) is 57.2 Å². The maximum absolute atomic E-state index is 12.8. The fraction of sp³-hybridized carbons (Fsp3) is 0.448. The van der Waals surface area contributed by atoms with Crippen molar-refractivity contribution in [1.82, 2.24) is 10.4 Å². The largest absolute Gasteiger partial charge is 0.325 e. The zero-order valence-corrected chi connectivity index (χ0v) is 21.5. The molecule has 0 radical (unpaired) electrons. The van der Waals surface area contributed by atoms with E-state index in [1.54, 1.807) is 0 Å². The quantitative estimate of drug-likeness (QED) is 0.457. The van der Waals surface area contributed by atoms with Crippen LogP contribution in [-0.2, 0) is 14.4 Å². The first kappa shape index (κ1) is 26.1. The normalized spacial score (nSPS) is 20.6. The van der Waals surface area contributed by atoms with Gasteiger partial charge in [0, 0.05) is 17.9 Å². The summed E-state index contributed by atoms with van der Waals surface area (Å²) >= 11 is 0. The van der Waals surface area contributed by atoms with Crippen LogP contribution >= 0.6 is 0 Å². The van der Waals surface area contributed by atoms with Crippen molar-refractivity contribution in [3.63, 3.8) is 0 Å². The lowest BCUT2D eigenvalue weighted by atomic mass is 9.99. The van der Waals surface area contributed by atoms with E-state index in [1.807, 2.05) is 65.7 Å². The van der Waals surface area contributed by atoms with Crippen molar-refractivity contribution in [2.45, 2.75) is 58.5 Å². The van der Waals surface area contributed by atoms with Crippen molar-refractivity contribution in [3.8, 4) is 0 Å². The fourth-order valence-corrected chi connectivity index (χ4v) is 4.34. The van der Waals surface area contributed by atoms with Crippen molar-refractivity contribution in [1.29, 1.82) is 0 Å². The molecule has 36 heavy (non-hydrogen) atoms. The summed E-state index contributed by atoms with van der Waals surface area (Å²) in [6.45, 7) is 8.65. The third-order valence-electron chi connectivity index (χ3n) is 6.37. The number of rotatable bonds is 8. The lowest BCUT2D eigenvalue weighted by molar-refractivity contribution is -0.188. The minimum Gasteiger partial charge on any atom is -0.325 e. The number of hydrogen-bond acceptors (Lipinski definition) is 5. The summed E-state index contributed by atoms with van der Waals surface area (Å²) in [6.07, 6.45) is 7.75. The minimum absolute atomic E-state index is 0.0272. The molecule has 7 heteroatoms. The Kier molecular flexibility index (Phi) is 8.56. The second kappa shape index (κ2) is 11.8. The molecule has 0 unspecified atom stereocenters. The molecule has 0 aliphatic carbocycles. The molecule has 2 saturated heterocycles. The summed E-state index contributed by atoms with van der Waals surface area (Å²) < 4.78 is 0. The standard InChI is InChI=1S/C29H38N4O3/c1-29(2,3)20-36-33-19-5-7-26(33)28(35)32-24-16-12-22(13-17-24)9-8-21-10-14-23(15-11-21)31-27(34)25-6-4-18-30-25/h8-17,25-26,30H,4-7,18-20H2,1-3H3,(H,31,34)(H,32,35)/b9-8+/t25-,26-/m0/s1. The Bertz CT molecular complexity index is 1050. The summed E-state index contributed by atoms with van der Waals surface area (Å²) in [7, 11) is 0. The summed E-state index contributed by atoms with van der Waals surface area (Å²) in [5.41, 5.74) is 3.71. The number of amides is 2. The molecule has 2 aromatic carbocycles. The van der Waals surface area contributed by atoms with Gasteiger partial charge in [0.2, 0.25) is 11.8 Å². The maximum Gasteiger partial charge on any atom is 0.244 e. The summed E-state index contributed by atoms with van der Waals surface area (Å²) in [4.78, 5) is 31.0. The smallest absolute Gasteiger partial charge is 0.244 e. The Balaban J connectivity index is 1.27. The molecule has 0 aromatic heterocycles. The van der Waals surface area contributed by atoms with E-state index >= 15 is 0 Å². The van der Waals surface area contributed by atoms with Gasteiger partial charge in [-0.15, -0.1) is 0 Å². The summed E-state index contributed by atoms with van der Waals surface area (Å²) in [5.74, 6) is 0.00152. The Labute approximate surface area is 214 Å². The molecule has 2 atom stereocenters. The zero-order valence-electron chi connectivity index (χ0n) is 21.5. The first-order valence-corrected chi connectivity index (χ1v) is 12.9. The highest BCUT2D eigenvalue weighted by molar-refractivity contribution is 5.95. The number of carbonyl (C=O) groups is 2. The van der Waals surface area contributed by atoms with E-state index in [9.17, 15) is 9.59 Å². The molecule has 2 aromatic rings. The molecular weight excluding hydrogens is 452 g/mol. The molecule has 2 fully saturated rings. The minimum atomic E-state index is -0.255. The average Bonchev–Trinajstić information content (AvgIpc) is 3.55. The van der Waals surface area contributed by atoms with E-state index in [4.69, 9.17) is 4.84 Å². The number of benzene rings is 2. The summed E-state index contributed by atoms with van der Waals surface area (Å²) in [5, 5.41) is 11.0. The highest BCUT2D eigenvalue weighted by Gasteiger charge is 2.32. The third kappa shape index (κ3) is 7.50. The van der Waals surface area contributed by atoms with E-state index in [1.165, 1.54) is 0 Å². The van der Waals surface area contributed by atoms with Crippen LogP contribution in [0.1, 0.15) is 57.6 Å².